The van der Waals surface area contributed by atoms with E-state index < -0.39 is 0 Å². The molecule has 0 saturated carbocycles. The molecular weight excluding hydrogens is 301 g/mol. The van der Waals surface area contributed by atoms with E-state index in [2.05, 4.69) is 20.5 Å². The fourth-order valence-corrected chi connectivity index (χ4v) is 2.08. The molecular formula is C15H20FN5O2. The highest BCUT2D eigenvalue weighted by Gasteiger charge is 2.18. The first-order valence-corrected chi connectivity index (χ1v) is 7.29. The van der Waals surface area contributed by atoms with Crippen LogP contribution in [0, 0.1) is 12.7 Å². The van der Waals surface area contributed by atoms with Crippen LogP contribution < -0.4 is 5.32 Å². The normalized spacial score (nSPS) is 12.0. The molecule has 1 heterocycles. The van der Waals surface area contributed by atoms with Crippen molar-refractivity contribution in [1.82, 2.24) is 25.4 Å². The zero-order valence-electron chi connectivity index (χ0n) is 13.1. The number of hydrogen-bond acceptors (Lipinski definition) is 4. The monoisotopic (exact) mass is 321 g/mol. The standard InChI is InChI=1S/C15H20FN5O2/c1-10(14-18-11(2)19-20-14)17-15(23)21(7-8-22)9-12-3-5-13(16)6-4-12/h3-6,10,22H,7-9H2,1-2H3,(H,17,23)(H,18,19,20)/t10-/m0/s1. The number of aromatic amines is 1. The molecule has 0 radical (unpaired) electrons. The minimum Gasteiger partial charge on any atom is -0.395 e. The van der Waals surface area contributed by atoms with Gasteiger partial charge in [-0.3, -0.25) is 5.10 Å². The Morgan fingerprint density at radius 2 is 2.13 bits per heavy atom. The van der Waals surface area contributed by atoms with E-state index >= 15 is 0 Å². The molecule has 2 rings (SSSR count). The Bertz CT molecular complexity index is 644. The van der Waals surface area contributed by atoms with Gasteiger partial charge in [-0.2, -0.15) is 5.10 Å². The first kappa shape index (κ1) is 16.9. The first-order chi connectivity index (χ1) is 11.0. The Morgan fingerprint density at radius 1 is 1.43 bits per heavy atom. The summed E-state index contributed by atoms with van der Waals surface area (Å²) in [4.78, 5) is 18.0. The first-order valence-electron chi connectivity index (χ1n) is 7.29. The topological polar surface area (TPSA) is 94.1 Å². The molecule has 0 aliphatic carbocycles. The quantitative estimate of drug-likeness (QED) is 0.752. The van der Waals surface area contributed by atoms with Crippen LogP contribution in [0.2, 0.25) is 0 Å². The number of aliphatic hydroxyl groups excluding tert-OH is 1. The van der Waals surface area contributed by atoms with Crippen molar-refractivity contribution in [3.05, 3.63) is 47.3 Å². The third-order valence-electron chi connectivity index (χ3n) is 3.29. The number of benzene rings is 1. The van der Waals surface area contributed by atoms with Crippen LogP contribution in [-0.4, -0.2) is 44.4 Å². The van der Waals surface area contributed by atoms with E-state index in [0.29, 0.717) is 11.6 Å². The number of aromatic nitrogens is 3. The molecule has 23 heavy (non-hydrogen) atoms. The van der Waals surface area contributed by atoms with Crippen LogP contribution in [-0.2, 0) is 6.54 Å². The average molecular weight is 321 g/mol. The highest BCUT2D eigenvalue weighted by molar-refractivity contribution is 5.74. The summed E-state index contributed by atoms with van der Waals surface area (Å²) in [7, 11) is 0. The van der Waals surface area contributed by atoms with Gasteiger partial charge >= 0.3 is 6.03 Å². The maximum Gasteiger partial charge on any atom is 0.318 e. The van der Waals surface area contributed by atoms with Gasteiger partial charge in [-0.15, -0.1) is 0 Å². The number of rotatable bonds is 6. The molecule has 2 amide bonds. The molecule has 1 aromatic heterocycles. The van der Waals surface area contributed by atoms with Gasteiger partial charge in [0.15, 0.2) is 5.82 Å². The molecule has 0 fully saturated rings. The summed E-state index contributed by atoms with van der Waals surface area (Å²) >= 11 is 0. The maximum atomic E-state index is 12.9. The second-order valence-corrected chi connectivity index (χ2v) is 5.22. The molecule has 3 N–H and O–H groups in total. The summed E-state index contributed by atoms with van der Waals surface area (Å²) in [6, 6.07) is 5.16. The number of aliphatic hydroxyl groups is 1. The second kappa shape index (κ2) is 7.68. The molecule has 7 nitrogen and oxygen atoms in total. The molecule has 0 saturated heterocycles. The van der Waals surface area contributed by atoms with Gasteiger partial charge in [-0.1, -0.05) is 12.1 Å². The Labute approximate surface area is 133 Å². The lowest BCUT2D eigenvalue weighted by Crippen LogP contribution is -2.42. The van der Waals surface area contributed by atoms with Gasteiger partial charge in [-0.25, -0.2) is 14.2 Å². The highest BCUT2D eigenvalue weighted by Crippen LogP contribution is 2.10. The number of urea groups is 1. The van der Waals surface area contributed by atoms with E-state index in [-0.39, 0.29) is 37.6 Å². The van der Waals surface area contributed by atoms with Crippen molar-refractivity contribution in [3.63, 3.8) is 0 Å². The largest absolute Gasteiger partial charge is 0.395 e. The van der Waals surface area contributed by atoms with Gasteiger partial charge in [0.25, 0.3) is 0 Å². The number of hydrogen-bond donors (Lipinski definition) is 3. The molecule has 2 aromatic rings. The lowest BCUT2D eigenvalue weighted by molar-refractivity contribution is 0.171. The van der Waals surface area contributed by atoms with Crippen LogP contribution in [0.4, 0.5) is 9.18 Å². The SMILES string of the molecule is Cc1nc([C@H](C)NC(=O)N(CCO)Cc2ccc(F)cc2)n[nH]1. The minimum absolute atomic E-state index is 0.164. The fraction of sp³-hybridized carbons (Fsp3) is 0.400. The molecule has 0 unspecified atom stereocenters. The number of H-pyrrole nitrogens is 1. The molecule has 0 aliphatic heterocycles. The Kier molecular flexibility index (Phi) is 5.64. The zero-order chi connectivity index (χ0) is 16.8. The van der Waals surface area contributed by atoms with Crippen LogP contribution in [0.25, 0.3) is 0 Å². The number of nitrogens with one attached hydrogen (secondary N) is 2. The Morgan fingerprint density at radius 3 is 2.70 bits per heavy atom. The number of carbonyl (C=O) groups excluding carboxylic acids is 1. The van der Waals surface area contributed by atoms with E-state index in [1.54, 1.807) is 26.0 Å². The molecule has 1 aromatic carbocycles. The third kappa shape index (κ3) is 4.75. The van der Waals surface area contributed by atoms with Gasteiger partial charge in [0.05, 0.1) is 12.6 Å². The summed E-state index contributed by atoms with van der Waals surface area (Å²) in [6.45, 7) is 3.82. The summed E-state index contributed by atoms with van der Waals surface area (Å²) in [5.41, 5.74) is 0.774. The van der Waals surface area contributed by atoms with E-state index in [4.69, 9.17) is 5.11 Å². The summed E-state index contributed by atoms with van der Waals surface area (Å²) in [6.07, 6.45) is 0. The molecule has 124 valence electrons. The molecule has 0 spiro atoms. The van der Waals surface area contributed by atoms with E-state index in [0.717, 1.165) is 5.56 Å². The van der Waals surface area contributed by atoms with Crippen molar-refractivity contribution in [2.24, 2.45) is 0 Å². The van der Waals surface area contributed by atoms with Gasteiger partial charge < -0.3 is 15.3 Å². The van der Waals surface area contributed by atoms with Crippen molar-refractivity contribution in [1.29, 1.82) is 0 Å². The van der Waals surface area contributed by atoms with Crippen molar-refractivity contribution in [2.75, 3.05) is 13.2 Å². The number of amides is 2. The number of aryl methyl sites for hydroxylation is 1. The highest BCUT2D eigenvalue weighted by atomic mass is 19.1. The van der Waals surface area contributed by atoms with Gasteiger partial charge in [0, 0.05) is 13.1 Å². The summed E-state index contributed by atoms with van der Waals surface area (Å²) < 4.78 is 12.9. The molecule has 1 atom stereocenters. The van der Waals surface area contributed by atoms with E-state index in [1.807, 2.05) is 0 Å². The smallest absolute Gasteiger partial charge is 0.318 e. The maximum absolute atomic E-state index is 12.9. The predicted molar refractivity (Wildman–Crippen MR) is 82.0 cm³/mol. The van der Waals surface area contributed by atoms with Gasteiger partial charge in [0.1, 0.15) is 11.6 Å². The van der Waals surface area contributed by atoms with Crippen molar-refractivity contribution in [2.45, 2.75) is 26.4 Å². The lowest BCUT2D eigenvalue weighted by Gasteiger charge is -2.24. The second-order valence-electron chi connectivity index (χ2n) is 5.22. The van der Waals surface area contributed by atoms with Gasteiger partial charge in [0.2, 0.25) is 0 Å². The Balaban J connectivity index is 2.01. The molecule has 0 aliphatic rings. The Hall–Kier alpha value is -2.48. The van der Waals surface area contributed by atoms with E-state index in [1.165, 1.54) is 17.0 Å². The van der Waals surface area contributed by atoms with Crippen molar-refractivity contribution >= 4 is 6.03 Å². The van der Waals surface area contributed by atoms with Crippen LogP contribution >= 0.6 is 0 Å². The molecule has 0 bridgehead atoms. The van der Waals surface area contributed by atoms with Crippen LogP contribution in [0.1, 0.15) is 30.2 Å². The zero-order valence-corrected chi connectivity index (χ0v) is 13.1. The lowest BCUT2D eigenvalue weighted by atomic mass is 10.2. The number of halogens is 1. The molecule has 8 heteroatoms. The average Bonchev–Trinajstić information content (AvgIpc) is 2.95. The van der Waals surface area contributed by atoms with Crippen LogP contribution in [0.5, 0.6) is 0 Å². The summed E-state index contributed by atoms with van der Waals surface area (Å²) in [5, 5.41) is 18.7. The number of carbonyl (C=O) groups is 1. The van der Waals surface area contributed by atoms with Crippen LogP contribution in [0.15, 0.2) is 24.3 Å². The van der Waals surface area contributed by atoms with Gasteiger partial charge in [-0.05, 0) is 31.5 Å². The third-order valence-corrected chi connectivity index (χ3v) is 3.29. The van der Waals surface area contributed by atoms with Crippen molar-refractivity contribution in [3.8, 4) is 0 Å². The van der Waals surface area contributed by atoms with E-state index in [9.17, 15) is 9.18 Å². The van der Waals surface area contributed by atoms with Crippen molar-refractivity contribution < 1.29 is 14.3 Å². The fourth-order valence-electron chi connectivity index (χ4n) is 2.08. The predicted octanol–water partition coefficient (Wildman–Crippen LogP) is 1.52. The summed E-state index contributed by atoms with van der Waals surface area (Å²) in [5.74, 6) is 0.821. The van der Waals surface area contributed by atoms with Crippen LogP contribution in [0.3, 0.4) is 0 Å². The minimum atomic E-state index is -0.373. The number of nitrogens with zero attached hydrogens (tertiary/aromatic N) is 3.